The maximum atomic E-state index is 2.40. The number of fused-ring (bicyclic) bond motifs is 4. The van der Waals surface area contributed by atoms with E-state index in [1.165, 1.54) is 66.1 Å². The fraction of sp³-hybridized carbons (Fsp3) is 0.0286. The van der Waals surface area contributed by atoms with Gasteiger partial charge in [0.2, 0.25) is 0 Å². The van der Waals surface area contributed by atoms with Crippen molar-refractivity contribution in [2.24, 2.45) is 0 Å². The lowest BCUT2D eigenvalue weighted by atomic mass is 9.96. The molecular weight excluding hydrogens is 434 g/mol. The molecule has 1 aromatic heterocycles. The Balaban J connectivity index is 1.43. The predicted molar refractivity (Wildman–Crippen MR) is 154 cm³/mol. The number of hydrogen-bond acceptors (Lipinski definition) is 0. The summed E-state index contributed by atoms with van der Waals surface area (Å²) in [5, 5.41) is 5.09. The van der Waals surface area contributed by atoms with E-state index in [9.17, 15) is 0 Å². The minimum absolute atomic E-state index is 1.19. The molecule has 0 atom stereocenters. The third kappa shape index (κ3) is 3.32. The van der Waals surface area contributed by atoms with Crippen LogP contribution in [0.4, 0.5) is 0 Å². The standard InChI is InChI=1S/C35H25N/c1-24-13-15-26(16-14-24)27-17-19-28(20-18-27)31-10-6-12-34-35(31)32-9-4-5-11-33(32)36(34)30-22-21-25-7-2-3-8-29(25)23-30/h2-23H,1H3. The highest BCUT2D eigenvalue weighted by Crippen LogP contribution is 2.39. The number of aromatic nitrogens is 1. The van der Waals surface area contributed by atoms with Crippen molar-refractivity contribution in [3.63, 3.8) is 0 Å². The Bertz CT molecular complexity index is 1870. The molecule has 0 N–H and O–H groups in total. The van der Waals surface area contributed by atoms with Gasteiger partial charge in [0.05, 0.1) is 11.0 Å². The molecule has 1 heterocycles. The van der Waals surface area contributed by atoms with Crippen LogP contribution in [0, 0.1) is 6.92 Å². The van der Waals surface area contributed by atoms with Gasteiger partial charge in [0.15, 0.2) is 0 Å². The summed E-state index contributed by atoms with van der Waals surface area (Å²) in [5.74, 6) is 0. The van der Waals surface area contributed by atoms with Crippen LogP contribution >= 0.6 is 0 Å². The Hall–Kier alpha value is -4.62. The molecule has 0 unspecified atom stereocenters. The van der Waals surface area contributed by atoms with Gasteiger partial charge in [-0.05, 0) is 64.2 Å². The molecule has 1 heteroatoms. The van der Waals surface area contributed by atoms with Gasteiger partial charge in [-0.2, -0.15) is 0 Å². The number of para-hydroxylation sites is 1. The second-order valence-electron chi connectivity index (χ2n) is 9.53. The van der Waals surface area contributed by atoms with Crippen LogP contribution in [0.25, 0.3) is 60.5 Å². The molecule has 0 spiro atoms. The minimum Gasteiger partial charge on any atom is -0.309 e. The maximum Gasteiger partial charge on any atom is 0.0547 e. The van der Waals surface area contributed by atoms with E-state index in [1.54, 1.807) is 0 Å². The van der Waals surface area contributed by atoms with Gasteiger partial charge in [0, 0.05) is 16.5 Å². The lowest BCUT2D eigenvalue weighted by molar-refractivity contribution is 1.19. The molecule has 170 valence electrons. The number of hydrogen-bond donors (Lipinski definition) is 0. The first-order chi connectivity index (χ1) is 17.8. The van der Waals surface area contributed by atoms with Crippen molar-refractivity contribution in [3.8, 4) is 27.9 Å². The van der Waals surface area contributed by atoms with E-state index in [1.807, 2.05) is 0 Å². The molecule has 1 nitrogen and oxygen atoms in total. The Kier molecular flexibility index (Phi) is 4.75. The molecule has 36 heavy (non-hydrogen) atoms. The molecule has 0 bridgehead atoms. The molecular formula is C35H25N. The molecule has 0 fully saturated rings. The number of benzene rings is 6. The first kappa shape index (κ1) is 20.7. The van der Waals surface area contributed by atoms with E-state index in [2.05, 4.69) is 145 Å². The van der Waals surface area contributed by atoms with E-state index in [-0.39, 0.29) is 0 Å². The minimum atomic E-state index is 1.19. The molecule has 0 amide bonds. The van der Waals surface area contributed by atoms with Crippen molar-refractivity contribution in [1.29, 1.82) is 0 Å². The molecule has 7 aromatic rings. The topological polar surface area (TPSA) is 4.93 Å². The summed E-state index contributed by atoms with van der Waals surface area (Å²) in [5.41, 5.74) is 9.91. The second-order valence-corrected chi connectivity index (χ2v) is 9.53. The number of aryl methyl sites for hydroxylation is 1. The molecule has 0 radical (unpaired) electrons. The first-order valence-electron chi connectivity index (χ1n) is 12.5. The van der Waals surface area contributed by atoms with Crippen molar-refractivity contribution >= 4 is 32.6 Å². The fourth-order valence-corrected chi connectivity index (χ4v) is 5.44. The van der Waals surface area contributed by atoms with Gasteiger partial charge in [0.1, 0.15) is 0 Å². The van der Waals surface area contributed by atoms with E-state index < -0.39 is 0 Å². The Morgan fingerprint density at radius 3 is 1.92 bits per heavy atom. The second kappa shape index (κ2) is 8.25. The van der Waals surface area contributed by atoms with E-state index in [4.69, 9.17) is 0 Å². The average molecular weight is 460 g/mol. The molecule has 0 aliphatic heterocycles. The van der Waals surface area contributed by atoms with Crippen molar-refractivity contribution in [2.75, 3.05) is 0 Å². The highest BCUT2D eigenvalue weighted by Gasteiger charge is 2.16. The van der Waals surface area contributed by atoms with Gasteiger partial charge >= 0.3 is 0 Å². The molecule has 7 rings (SSSR count). The van der Waals surface area contributed by atoms with Crippen LogP contribution in [0.3, 0.4) is 0 Å². The Labute approximate surface area is 210 Å². The fourth-order valence-electron chi connectivity index (χ4n) is 5.44. The van der Waals surface area contributed by atoms with E-state index >= 15 is 0 Å². The molecule has 0 saturated heterocycles. The number of rotatable bonds is 3. The van der Waals surface area contributed by atoms with E-state index in [0.717, 1.165) is 0 Å². The van der Waals surface area contributed by atoms with Crippen LogP contribution in [-0.2, 0) is 0 Å². The Morgan fingerprint density at radius 2 is 1.11 bits per heavy atom. The molecule has 0 aliphatic rings. The molecule has 0 saturated carbocycles. The van der Waals surface area contributed by atoms with Gasteiger partial charge in [-0.1, -0.05) is 115 Å². The maximum absolute atomic E-state index is 2.40. The van der Waals surface area contributed by atoms with Crippen LogP contribution in [0.15, 0.2) is 133 Å². The van der Waals surface area contributed by atoms with Crippen LogP contribution in [0.1, 0.15) is 5.56 Å². The molecule has 6 aromatic carbocycles. The zero-order chi connectivity index (χ0) is 24.1. The van der Waals surface area contributed by atoms with Crippen LogP contribution in [0.5, 0.6) is 0 Å². The summed E-state index contributed by atoms with van der Waals surface area (Å²) >= 11 is 0. The first-order valence-corrected chi connectivity index (χ1v) is 12.5. The van der Waals surface area contributed by atoms with Gasteiger partial charge in [0.25, 0.3) is 0 Å². The SMILES string of the molecule is Cc1ccc(-c2ccc(-c3cccc4c3c3ccccc3n4-c3ccc4ccccc4c3)cc2)cc1. The summed E-state index contributed by atoms with van der Waals surface area (Å²) in [7, 11) is 0. The zero-order valence-corrected chi connectivity index (χ0v) is 20.1. The van der Waals surface area contributed by atoms with Crippen molar-refractivity contribution in [3.05, 3.63) is 139 Å². The summed E-state index contributed by atoms with van der Waals surface area (Å²) in [6.45, 7) is 2.13. The van der Waals surface area contributed by atoms with Gasteiger partial charge < -0.3 is 4.57 Å². The smallest absolute Gasteiger partial charge is 0.0547 e. The lowest BCUT2D eigenvalue weighted by Gasteiger charge is -2.10. The summed E-state index contributed by atoms with van der Waals surface area (Å²) < 4.78 is 2.40. The zero-order valence-electron chi connectivity index (χ0n) is 20.1. The molecule has 0 aliphatic carbocycles. The van der Waals surface area contributed by atoms with Crippen molar-refractivity contribution < 1.29 is 0 Å². The van der Waals surface area contributed by atoms with Gasteiger partial charge in [-0.15, -0.1) is 0 Å². The summed E-state index contributed by atoms with van der Waals surface area (Å²) in [6, 6.07) is 48.5. The Morgan fingerprint density at radius 1 is 0.472 bits per heavy atom. The lowest BCUT2D eigenvalue weighted by Crippen LogP contribution is -1.93. The third-order valence-corrected chi connectivity index (χ3v) is 7.27. The normalized spacial score (nSPS) is 11.5. The highest BCUT2D eigenvalue weighted by atomic mass is 15.0. The quantitative estimate of drug-likeness (QED) is 0.248. The van der Waals surface area contributed by atoms with Crippen LogP contribution < -0.4 is 0 Å². The highest BCUT2D eigenvalue weighted by molar-refractivity contribution is 6.15. The van der Waals surface area contributed by atoms with Gasteiger partial charge in [-0.3, -0.25) is 0 Å². The van der Waals surface area contributed by atoms with E-state index in [0.29, 0.717) is 0 Å². The van der Waals surface area contributed by atoms with Crippen molar-refractivity contribution in [1.82, 2.24) is 4.57 Å². The van der Waals surface area contributed by atoms with Crippen LogP contribution in [0.2, 0.25) is 0 Å². The largest absolute Gasteiger partial charge is 0.309 e. The predicted octanol–water partition coefficient (Wildman–Crippen LogP) is 9.58. The summed E-state index contributed by atoms with van der Waals surface area (Å²) in [4.78, 5) is 0. The third-order valence-electron chi connectivity index (χ3n) is 7.27. The monoisotopic (exact) mass is 459 g/mol. The van der Waals surface area contributed by atoms with Gasteiger partial charge in [-0.25, -0.2) is 0 Å². The number of nitrogens with zero attached hydrogens (tertiary/aromatic N) is 1. The average Bonchev–Trinajstić information content (AvgIpc) is 3.28. The van der Waals surface area contributed by atoms with Crippen molar-refractivity contribution in [2.45, 2.75) is 6.92 Å². The summed E-state index contributed by atoms with van der Waals surface area (Å²) in [6.07, 6.45) is 0. The van der Waals surface area contributed by atoms with Crippen LogP contribution in [-0.4, -0.2) is 4.57 Å².